The molecule has 1 saturated carbocycles. The summed E-state index contributed by atoms with van der Waals surface area (Å²) in [6.07, 6.45) is 3.85. The van der Waals surface area contributed by atoms with Crippen molar-refractivity contribution in [1.82, 2.24) is 5.32 Å². The highest BCUT2D eigenvalue weighted by Gasteiger charge is 2.24. The maximum Gasteiger partial charge on any atom is 0.239 e. The first kappa shape index (κ1) is 13.2. The highest BCUT2D eigenvalue weighted by atomic mass is 16.2. The zero-order chi connectivity index (χ0) is 13.9. The highest BCUT2D eigenvalue weighted by Crippen LogP contribution is 2.28. The SMILES string of the molecule is O=C(CN1CCCC(=O)c2ccccc21)NCC1CC1. The quantitative estimate of drug-likeness (QED) is 0.912. The number of benzene rings is 1. The smallest absolute Gasteiger partial charge is 0.239 e. The molecule has 1 aliphatic heterocycles. The van der Waals surface area contributed by atoms with Gasteiger partial charge in [-0.1, -0.05) is 12.1 Å². The van der Waals surface area contributed by atoms with Gasteiger partial charge in [-0.3, -0.25) is 9.59 Å². The molecule has 0 saturated heterocycles. The molecule has 1 heterocycles. The third kappa shape index (κ3) is 3.00. The molecule has 1 aromatic rings. The fourth-order valence-corrected chi connectivity index (χ4v) is 2.64. The normalized spacial score (nSPS) is 18.4. The van der Waals surface area contributed by atoms with E-state index in [9.17, 15) is 9.59 Å². The number of fused-ring (bicyclic) bond motifs is 1. The van der Waals surface area contributed by atoms with Crippen LogP contribution in [-0.2, 0) is 4.79 Å². The number of para-hydroxylation sites is 1. The van der Waals surface area contributed by atoms with E-state index in [-0.39, 0.29) is 11.7 Å². The Hall–Kier alpha value is -1.84. The number of anilines is 1. The van der Waals surface area contributed by atoms with Gasteiger partial charge >= 0.3 is 0 Å². The second-order valence-corrected chi connectivity index (χ2v) is 5.71. The minimum Gasteiger partial charge on any atom is -0.362 e. The van der Waals surface area contributed by atoms with Gasteiger partial charge in [-0.15, -0.1) is 0 Å². The first-order valence-corrected chi connectivity index (χ1v) is 7.38. The topological polar surface area (TPSA) is 49.4 Å². The Morgan fingerprint density at radius 2 is 2.10 bits per heavy atom. The van der Waals surface area contributed by atoms with Crippen molar-refractivity contribution in [3.05, 3.63) is 29.8 Å². The Labute approximate surface area is 119 Å². The van der Waals surface area contributed by atoms with Gasteiger partial charge in [0.05, 0.1) is 6.54 Å². The van der Waals surface area contributed by atoms with Gasteiger partial charge in [-0.05, 0) is 37.3 Å². The number of ketones is 1. The van der Waals surface area contributed by atoms with Crippen LogP contribution >= 0.6 is 0 Å². The van der Waals surface area contributed by atoms with E-state index in [4.69, 9.17) is 0 Å². The van der Waals surface area contributed by atoms with Gasteiger partial charge in [0, 0.05) is 30.8 Å². The van der Waals surface area contributed by atoms with Crippen molar-refractivity contribution in [2.24, 2.45) is 5.92 Å². The summed E-state index contributed by atoms with van der Waals surface area (Å²) in [5.41, 5.74) is 1.65. The van der Waals surface area contributed by atoms with Gasteiger partial charge in [0.25, 0.3) is 0 Å². The molecule has 1 amide bonds. The molecule has 0 radical (unpaired) electrons. The summed E-state index contributed by atoms with van der Waals surface area (Å²) >= 11 is 0. The van der Waals surface area contributed by atoms with E-state index < -0.39 is 0 Å². The number of nitrogens with zero attached hydrogens (tertiary/aromatic N) is 1. The summed E-state index contributed by atoms with van der Waals surface area (Å²) in [6.45, 7) is 1.91. The molecular formula is C16H20N2O2. The zero-order valence-electron chi connectivity index (χ0n) is 11.6. The van der Waals surface area contributed by atoms with E-state index in [2.05, 4.69) is 5.32 Å². The van der Waals surface area contributed by atoms with E-state index in [1.807, 2.05) is 29.2 Å². The first-order chi connectivity index (χ1) is 9.74. The molecule has 0 spiro atoms. The summed E-state index contributed by atoms with van der Waals surface area (Å²) < 4.78 is 0. The molecule has 0 atom stereocenters. The minimum atomic E-state index is 0.0565. The van der Waals surface area contributed by atoms with E-state index >= 15 is 0 Å². The van der Waals surface area contributed by atoms with Gasteiger partial charge in [0.15, 0.2) is 5.78 Å². The molecule has 1 N–H and O–H groups in total. The Balaban J connectivity index is 1.69. The third-order valence-corrected chi connectivity index (χ3v) is 4.00. The van der Waals surface area contributed by atoms with Crippen LogP contribution in [0.5, 0.6) is 0 Å². The van der Waals surface area contributed by atoms with Gasteiger partial charge in [0.2, 0.25) is 5.91 Å². The lowest BCUT2D eigenvalue weighted by Gasteiger charge is -2.23. The molecule has 2 aliphatic rings. The van der Waals surface area contributed by atoms with Crippen LogP contribution in [0, 0.1) is 5.92 Å². The summed E-state index contributed by atoms with van der Waals surface area (Å²) in [5, 5.41) is 2.99. The van der Waals surface area contributed by atoms with Crippen LogP contribution in [-0.4, -0.2) is 31.3 Å². The maximum absolute atomic E-state index is 12.0. The summed E-state index contributed by atoms with van der Waals surface area (Å²) in [4.78, 5) is 26.1. The van der Waals surface area contributed by atoms with E-state index in [0.29, 0.717) is 18.9 Å². The average molecular weight is 272 g/mol. The molecule has 0 aromatic heterocycles. The number of amides is 1. The van der Waals surface area contributed by atoms with Crippen LogP contribution in [0.1, 0.15) is 36.0 Å². The monoisotopic (exact) mass is 272 g/mol. The molecule has 106 valence electrons. The third-order valence-electron chi connectivity index (χ3n) is 4.00. The van der Waals surface area contributed by atoms with E-state index in [1.165, 1.54) is 12.8 Å². The number of nitrogens with one attached hydrogen (secondary N) is 1. The molecule has 4 nitrogen and oxygen atoms in total. The van der Waals surface area contributed by atoms with Gasteiger partial charge in [0.1, 0.15) is 0 Å². The van der Waals surface area contributed by atoms with Crippen LogP contribution in [0.15, 0.2) is 24.3 Å². The lowest BCUT2D eigenvalue weighted by Crippen LogP contribution is -2.38. The molecule has 1 aliphatic carbocycles. The number of Topliss-reactive ketones (excluding diaryl/α,β-unsaturated/α-hetero) is 1. The van der Waals surface area contributed by atoms with Gasteiger partial charge in [-0.2, -0.15) is 0 Å². The molecule has 20 heavy (non-hydrogen) atoms. The van der Waals surface area contributed by atoms with Crippen LogP contribution in [0.3, 0.4) is 0 Å². The number of carbonyl (C=O) groups excluding carboxylic acids is 2. The number of hydrogen-bond acceptors (Lipinski definition) is 3. The number of rotatable bonds is 4. The van der Waals surface area contributed by atoms with E-state index in [1.54, 1.807) is 0 Å². The van der Waals surface area contributed by atoms with Gasteiger partial charge < -0.3 is 10.2 Å². The van der Waals surface area contributed by atoms with Crippen molar-refractivity contribution in [3.8, 4) is 0 Å². The Morgan fingerprint density at radius 1 is 1.30 bits per heavy atom. The number of carbonyl (C=O) groups is 2. The Bertz CT molecular complexity index is 523. The predicted octanol–water partition coefficient (Wildman–Crippen LogP) is 2.00. The minimum absolute atomic E-state index is 0.0565. The standard InChI is InChI=1S/C16H20N2O2/c19-15-6-3-9-18(14-5-2-1-4-13(14)15)11-16(20)17-10-12-7-8-12/h1-2,4-5,12H,3,6-11H2,(H,17,20). The second-order valence-electron chi connectivity index (χ2n) is 5.71. The summed E-state index contributed by atoms with van der Waals surface area (Å²) in [6, 6.07) is 7.60. The van der Waals surface area contributed by atoms with Crippen molar-refractivity contribution in [1.29, 1.82) is 0 Å². The first-order valence-electron chi connectivity index (χ1n) is 7.38. The fraction of sp³-hybridized carbons (Fsp3) is 0.500. The summed E-state index contributed by atoms with van der Waals surface area (Å²) in [7, 11) is 0. The predicted molar refractivity (Wildman–Crippen MR) is 78.0 cm³/mol. The zero-order valence-corrected chi connectivity index (χ0v) is 11.6. The largest absolute Gasteiger partial charge is 0.362 e. The Kier molecular flexibility index (Phi) is 3.72. The van der Waals surface area contributed by atoms with Crippen molar-refractivity contribution in [2.75, 3.05) is 24.5 Å². The highest BCUT2D eigenvalue weighted by molar-refractivity contribution is 6.02. The molecule has 4 heteroatoms. The van der Waals surface area contributed by atoms with Crippen LogP contribution < -0.4 is 10.2 Å². The van der Waals surface area contributed by atoms with Crippen molar-refractivity contribution in [3.63, 3.8) is 0 Å². The molecule has 1 fully saturated rings. The Morgan fingerprint density at radius 3 is 2.90 bits per heavy atom. The lowest BCUT2D eigenvalue weighted by molar-refractivity contribution is -0.119. The number of hydrogen-bond donors (Lipinski definition) is 1. The summed E-state index contributed by atoms with van der Waals surface area (Å²) in [5.74, 6) is 0.930. The molecule has 0 bridgehead atoms. The van der Waals surface area contributed by atoms with Crippen LogP contribution in [0.2, 0.25) is 0 Å². The lowest BCUT2D eigenvalue weighted by atomic mass is 10.1. The molecule has 3 rings (SSSR count). The van der Waals surface area contributed by atoms with Gasteiger partial charge in [-0.25, -0.2) is 0 Å². The van der Waals surface area contributed by atoms with E-state index in [0.717, 1.165) is 30.8 Å². The van der Waals surface area contributed by atoms with Crippen LogP contribution in [0.4, 0.5) is 5.69 Å². The molecule has 1 aromatic carbocycles. The van der Waals surface area contributed by atoms with Crippen molar-refractivity contribution < 1.29 is 9.59 Å². The maximum atomic E-state index is 12.0. The average Bonchev–Trinajstić information content (AvgIpc) is 3.28. The molecule has 0 unspecified atom stereocenters. The second kappa shape index (κ2) is 5.65. The molecular weight excluding hydrogens is 252 g/mol. The fourth-order valence-electron chi connectivity index (χ4n) is 2.64. The van der Waals surface area contributed by atoms with Crippen LogP contribution in [0.25, 0.3) is 0 Å². The van der Waals surface area contributed by atoms with Crippen molar-refractivity contribution in [2.45, 2.75) is 25.7 Å². The van der Waals surface area contributed by atoms with Crippen molar-refractivity contribution >= 4 is 17.4 Å².